The zero-order valence-electron chi connectivity index (χ0n) is 9.12. The summed E-state index contributed by atoms with van der Waals surface area (Å²) in [5.74, 6) is -1.28. The van der Waals surface area contributed by atoms with E-state index < -0.39 is 17.5 Å². The van der Waals surface area contributed by atoms with Gasteiger partial charge in [-0.05, 0) is 13.3 Å². The zero-order valence-corrected chi connectivity index (χ0v) is 9.12. The molecule has 0 bridgehead atoms. The van der Waals surface area contributed by atoms with Crippen LogP contribution in [0.4, 0.5) is 0 Å². The van der Waals surface area contributed by atoms with Crippen LogP contribution in [0.3, 0.4) is 0 Å². The predicted octanol–water partition coefficient (Wildman–Crippen LogP) is 1.96. The predicted molar refractivity (Wildman–Crippen MR) is 55.9 cm³/mol. The topological polar surface area (TPSA) is 52.6 Å². The highest BCUT2D eigenvalue weighted by atomic mass is 16.6. The van der Waals surface area contributed by atoms with Gasteiger partial charge >= 0.3 is 11.9 Å². The first-order valence-electron chi connectivity index (χ1n) is 4.67. The summed E-state index contributed by atoms with van der Waals surface area (Å²) in [6, 6.07) is 0. The molecule has 0 N–H and O–H groups in total. The lowest BCUT2D eigenvalue weighted by atomic mass is 10.0. The van der Waals surface area contributed by atoms with E-state index in [4.69, 9.17) is 4.74 Å². The summed E-state index contributed by atoms with van der Waals surface area (Å²) in [6.45, 7) is 9.91. The molecule has 0 amide bonds. The van der Waals surface area contributed by atoms with Gasteiger partial charge in [0.05, 0.1) is 6.26 Å². The van der Waals surface area contributed by atoms with E-state index in [1.807, 2.05) is 6.92 Å². The van der Waals surface area contributed by atoms with Gasteiger partial charge in [-0.2, -0.15) is 0 Å². The third kappa shape index (κ3) is 3.97. The summed E-state index contributed by atoms with van der Waals surface area (Å²) in [7, 11) is 0. The summed E-state index contributed by atoms with van der Waals surface area (Å²) in [4.78, 5) is 22.5. The van der Waals surface area contributed by atoms with Crippen LogP contribution in [-0.4, -0.2) is 17.5 Å². The van der Waals surface area contributed by atoms with Crippen molar-refractivity contribution in [3.05, 3.63) is 25.5 Å². The average Bonchev–Trinajstić information content (AvgIpc) is 2.18. The zero-order chi connectivity index (χ0) is 11.9. The van der Waals surface area contributed by atoms with Crippen LogP contribution in [0.25, 0.3) is 0 Å². The number of carbonyl (C=O) groups is 2. The Labute approximate surface area is 89.6 Å². The van der Waals surface area contributed by atoms with Crippen molar-refractivity contribution in [1.82, 2.24) is 0 Å². The fourth-order valence-corrected chi connectivity index (χ4v) is 1.14. The van der Waals surface area contributed by atoms with Gasteiger partial charge in [-0.25, -0.2) is 9.59 Å². The van der Waals surface area contributed by atoms with Crippen molar-refractivity contribution in [3.63, 3.8) is 0 Å². The monoisotopic (exact) mass is 212 g/mol. The van der Waals surface area contributed by atoms with Crippen molar-refractivity contribution < 1.29 is 19.1 Å². The smallest absolute Gasteiger partial charge is 0.355 e. The molecule has 0 rings (SSSR count). The molecule has 0 aromatic carbocycles. The van der Waals surface area contributed by atoms with Crippen LogP contribution in [-0.2, 0) is 19.1 Å². The first-order chi connectivity index (χ1) is 7.00. The van der Waals surface area contributed by atoms with Crippen LogP contribution in [0.1, 0.15) is 26.7 Å². The molecule has 84 valence electrons. The Morgan fingerprint density at radius 2 is 2.00 bits per heavy atom. The van der Waals surface area contributed by atoms with E-state index in [9.17, 15) is 9.59 Å². The summed E-state index contributed by atoms with van der Waals surface area (Å²) in [6.07, 6.45) is 3.10. The minimum Gasteiger partial charge on any atom is -0.444 e. The number of carbonyl (C=O) groups excluding carboxylic acids is 2. The molecular weight excluding hydrogens is 196 g/mol. The van der Waals surface area contributed by atoms with Crippen molar-refractivity contribution >= 4 is 11.9 Å². The molecule has 0 aliphatic heterocycles. The molecule has 0 aliphatic rings. The molecule has 0 saturated carbocycles. The minimum atomic E-state index is -1.27. The molecule has 0 aromatic rings. The first-order valence-corrected chi connectivity index (χ1v) is 4.67. The minimum absolute atomic E-state index is 0.388. The van der Waals surface area contributed by atoms with E-state index in [2.05, 4.69) is 17.9 Å². The largest absolute Gasteiger partial charge is 0.444 e. The fraction of sp³-hybridized carbons (Fsp3) is 0.455. The van der Waals surface area contributed by atoms with Crippen molar-refractivity contribution in [2.45, 2.75) is 32.3 Å². The Balaban J connectivity index is 4.70. The molecule has 0 spiro atoms. The third-order valence-corrected chi connectivity index (χ3v) is 1.84. The van der Waals surface area contributed by atoms with E-state index >= 15 is 0 Å². The van der Waals surface area contributed by atoms with Crippen LogP contribution in [0.5, 0.6) is 0 Å². The molecule has 0 aliphatic carbocycles. The molecule has 0 fully saturated rings. The van der Waals surface area contributed by atoms with Gasteiger partial charge in [-0.1, -0.05) is 26.5 Å². The van der Waals surface area contributed by atoms with Crippen LogP contribution < -0.4 is 0 Å². The van der Waals surface area contributed by atoms with E-state index in [0.29, 0.717) is 12.8 Å². The Morgan fingerprint density at radius 3 is 2.40 bits per heavy atom. The second kappa shape index (κ2) is 6.01. The highest BCUT2D eigenvalue weighted by Gasteiger charge is 2.37. The maximum absolute atomic E-state index is 11.5. The Morgan fingerprint density at radius 1 is 1.40 bits per heavy atom. The summed E-state index contributed by atoms with van der Waals surface area (Å²) < 4.78 is 9.58. The normalized spacial score (nSPS) is 13.5. The van der Waals surface area contributed by atoms with Gasteiger partial charge in [0.1, 0.15) is 0 Å². The lowest BCUT2D eigenvalue weighted by molar-refractivity contribution is -0.174. The van der Waals surface area contributed by atoms with Crippen LogP contribution in [0.15, 0.2) is 25.5 Å². The number of rotatable bonds is 6. The van der Waals surface area contributed by atoms with Crippen LogP contribution in [0.2, 0.25) is 0 Å². The van der Waals surface area contributed by atoms with Crippen LogP contribution in [0, 0.1) is 0 Å². The van der Waals surface area contributed by atoms with E-state index in [1.54, 1.807) is 0 Å². The number of ether oxygens (including phenoxy) is 2. The molecule has 4 heteroatoms. The number of hydrogen-bond donors (Lipinski definition) is 0. The van der Waals surface area contributed by atoms with Gasteiger partial charge < -0.3 is 9.47 Å². The molecule has 1 atom stereocenters. The maximum Gasteiger partial charge on any atom is 0.355 e. The standard InChI is InChI=1S/C11H16O4/c1-5-8-11(4,10(13)14-7-3)15-9(12)6-2/h6-7H,2-3,5,8H2,1,4H3. The molecule has 1 unspecified atom stereocenters. The van der Waals surface area contributed by atoms with Gasteiger partial charge in [-0.3, -0.25) is 0 Å². The quantitative estimate of drug-likeness (QED) is 0.383. The van der Waals surface area contributed by atoms with Gasteiger partial charge in [-0.15, -0.1) is 0 Å². The first kappa shape index (κ1) is 13.4. The van der Waals surface area contributed by atoms with Gasteiger partial charge in [0, 0.05) is 6.08 Å². The number of esters is 2. The van der Waals surface area contributed by atoms with Gasteiger partial charge in [0.2, 0.25) is 5.60 Å². The molecule has 0 aromatic heterocycles. The maximum atomic E-state index is 11.5. The van der Waals surface area contributed by atoms with Gasteiger partial charge in [0.25, 0.3) is 0 Å². The third-order valence-electron chi connectivity index (χ3n) is 1.84. The van der Waals surface area contributed by atoms with Crippen molar-refractivity contribution in [2.75, 3.05) is 0 Å². The highest BCUT2D eigenvalue weighted by molar-refractivity contribution is 5.87. The molecule has 4 nitrogen and oxygen atoms in total. The summed E-state index contributed by atoms with van der Waals surface area (Å²) in [5, 5.41) is 0. The second-order valence-corrected chi connectivity index (χ2v) is 3.18. The molecule has 0 radical (unpaired) electrons. The lowest BCUT2D eigenvalue weighted by Gasteiger charge is -2.25. The van der Waals surface area contributed by atoms with Crippen molar-refractivity contribution in [1.29, 1.82) is 0 Å². The fourth-order valence-electron chi connectivity index (χ4n) is 1.14. The Hall–Kier alpha value is -1.58. The van der Waals surface area contributed by atoms with E-state index in [0.717, 1.165) is 12.3 Å². The second-order valence-electron chi connectivity index (χ2n) is 3.18. The summed E-state index contributed by atoms with van der Waals surface area (Å²) in [5.41, 5.74) is -1.27. The SMILES string of the molecule is C=COC(=O)C(C)(CCC)OC(=O)C=C. The summed E-state index contributed by atoms with van der Waals surface area (Å²) >= 11 is 0. The van der Waals surface area contributed by atoms with E-state index in [1.165, 1.54) is 6.92 Å². The Kier molecular flexibility index (Phi) is 5.37. The highest BCUT2D eigenvalue weighted by Crippen LogP contribution is 2.20. The number of hydrogen-bond acceptors (Lipinski definition) is 4. The van der Waals surface area contributed by atoms with Gasteiger partial charge in [0.15, 0.2) is 0 Å². The van der Waals surface area contributed by atoms with Crippen molar-refractivity contribution in [3.8, 4) is 0 Å². The molecule has 0 saturated heterocycles. The van der Waals surface area contributed by atoms with Crippen molar-refractivity contribution in [2.24, 2.45) is 0 Å². The molecular formula is C11H16O4. The average molecular weight is 212 g/mol. The van der Waals surface area contributed by atoms with E-state index in [-0.39, 0.29) is 0 Å². The lowest BCUT2D eigenvalue weighted by Crippen LogP contribution is -2.40. The Bertz CT molecular complexity index is 270. The van der Waals surface area contributed by atoms with Crippen LogP contribution >= 0.6 is 0 Å². The molecule has 15 heavy (non-hydrogen) atoms. The molecule has 0 heterocycles.